The van der Waals surface area contributed by atoms with Crippen LogP contribution >= 0.6 is 0 Å². The van der Waals surface area contributed by atoms with Gasteiger partial charge in [-0.25, -0.2) is 4.79 Å². The van der Waals surface area contributed by atoms with Crippen molar-refractivity contribution < 1.29 is 14.6 Å². The van der Waals surface area contributed by atoms with E-state index in [4.69, 9.17) is 4.74 Å². The Bertz CT molecular complexity index is 414. The molecule has 0 saturated carbocycles. The topological polar surface area (TPSA) is 46.5 Å². The number of benzene rings is 1. The summed E-state index contributed by atoms with van der Waals surface area (Å²) in [6.07, 6.45) is 3.58. The molecule has 3 nitrogen and oxygen atoms in total. The molecular formula is C14H18O3. The summed E-state index contributed by atoms with van der Waals surface area (Å²) in [5.74, 6) is -0.130. The second-order valence-corrected chi connectivity index (χ2v) is 4.77. The van der Waals surface area contributed by atoms with Gasteiger partial charge in [0.25, 0.3) is 0 Å². The normalized spacial score (nSPS) is 11.7. The Morgan fingerprint density at radius 3 is 2.59 bits per heavy atom. The number of allylic oxidation sites excluding steroid dienone is 1. The fraction of sp³-hybridized carbons (Fsp3) is 0.357. The number of para-hydroxylation sites is 1. The van der Waals surface area contributed by atoms with Crippen molar-refractivity contribution in [2.45, 2.75) is 32.8 Å². The maximum absolute atomic E-state index is 11.4. The highest BCUT2D eigenvalue weighted by molar-refractivity contribution is 5.82. The minimum absolute atomic E-state index is 0.237. The van der Waals surface area contributed by atoms with Gasteiger partial charge in [-0.2, -0.15) is 0 Å². The number of ether oxygens (including phenoxy) is 1. The van der Waals surface area contributed by atoms with Gasteiger partial charge in [-0.15, -0.1) is 0 Å². The molecule has 0 aliphatic heterocycles. The van der Waals surface area contributed by atoms with Crippen LogP contribution in [0.15, 0.2) is 36.4 Å². The highest BCUT2D eigenvalue weighted by Crippen LogP contribution is 2.16. The predicted molar refractivity (Wildman–Crippen MR) is 66.8 cm³/mol. The Hall–Kier alpha value is -1.77. The average molecular weight is 234 g/mol. The van der Waals surface area contributed by atoms with Crippen molar-refractivity contribution in [3.05, 3.63) is 42.0 Å². The van der Waals surface area contributed by atoms with Gasteiger partial charge in [0.05, 0.1) is 0 Å². The molecular weight excluding hydrogens is 216 g/mol. The van der Waals surface area contributed by atoms with Crippen LogP contribution in [0.25, 0.3) is 0 Å². The Morgan fingerprint density at radius 1 is 1.35 bits per heavy atom. The van der Waals surface area contributed by atoms with Crippen LogP contribution in [0.2, 0.25) is 0 Å². The highest BCUT2D eigenvalue weighted by Gasteiger charge is 2.13. The molecule has 92 valence electrons. The van der Waals surface area contributed by atoms with E-state index < -0.39 is 5.60 Å². The van der Waals surface area contributed by atoms with Gasteiger partial charge in [0.1, 0.15) is 11.4 Å². The standard InChI is InChI=1S/C14H18O3/c1-14(2,3)17-13(16)10-6-8-11-7-4-5-9-12(11)15/h4-7,9-10,15H,8H2,1-3H3/b10-6+. The first-order valence-electron chi connectivity index (χ1n) is 5.55. The first kappa shape index (κ1) is 13.3. The number of aromatic hydroxyl groups is 1. The van der Waals surface area contributed by atoms with Gasteiger partial charge in [0.15, 0.2) is 0 Å². The fourth-order valence-electron chi connectivity index (χ4n) is 1.30. The third-order valence-corrected chi connectivity index (χ3v) is 1.99. The molecule has 1 aromatic carbocycles. The van der Waals surface area contributed by atoms with Gasteiger partial charge >= 0.3 is 5.97 Å². The van der Waals surface area contributed by atoms with Gasteiger partial charge < -0.3 is 9.84 Å². The molecule has 0 unspecified atom stereocenters. The molecule has 1 rings (SSSR count). The molecule has 0 atom stereocenters. The van der Waals surface area contributed by atoms with E-state index in [1.807, 2.05) is 32.9 Å². The molecule has 0 spiro atoms. The van der Waals surface area contributed by atoms with Gasteiger partial charge in [0.2, 0.25) is 0 Å². The number of carbonyl (C=O) groups is 1. The van der Waals surface area contributed by atoms with Crippen LogP contribution in [-0.4, -0.2) is 16.7 Å². The van der Waals surface area contributed by atoms with E-state index in [-0.39, 0.29) is 11.7 Å². The van der Waals surface area contributed by atoms with Crippen LogP contribution in [0.1, 0.15) is 26.3 Å². The Kier molecular flexibility index (Phi) is 4.32. The minimum atomic E-state index is -0.476. The molecule has 0 aromatic heterocycles. The summed E-state index contributed by atoms with van der Waals surface area (Å²) < 4.78 is 5.12. The summed E-state index contributed by atoms with van der Waals surface area (Å²) in [6.45, 7) is 5.46. The number of carbonyl (C=O) groups excluding carboxylic acids is 1. The molecule has 0 amide bonds. The van der Waals surface area contributed by atoms with E-state index in [9.17, 15) is 9.90 Å². The molecule has 0 aliphatic carbocycles. The lowest BCUT2D eigenvalue weighted by Crippen LogP contribution is -2.22. The minimum Gasteiger partial charge on any atom is -0.508 e. The zero-order valence-corrected chi connectivity index (χ0v) is 10.4. The van der Waals surface area contributed by atoms with Gasteiger partial charge in [-0.05, 0) is 38.8 Å². The average Bonchev–Trinajstić information content (AvgIpc) is 2.18. The lowest BCUT2D eigenvalue weighted by molar-refractivity contribution is -0.148. The van der Waals surface area contributed by atoms with Crippen molar-refractivity contribution in [2.24, 2.45) is 0 Å². The van der Waals surface area contributed by atoms with Crippen molar-refractivity contribution in [1.29, 1.82) is 0 Å². The van der Waals surface area contributed by atoms with Crippen LogP contribution in [0.5, 0.6) is 5.75 Å². The van der Waals surface area contributed by atoms with Gasteiger partial charge in [0, 0.05) is 6.08 Å². The first-order valence-corrected chi connectivity index (χ1v) is 5.55. The SMILES string of the molecule is CC(C)(C)OC(=O)/C=C/Cc1ccccc1O. The maximum atomic E-state index is 11.4. The zero-order chi connectivity index (χ0) is 12.9. The number of esters is 1. The second kappa shape index (κ2) is 5.53. The lowest BCUT2D eigenvalue weighted by Gasteiger charge is -2.17. The number of phenols is 1. The smallest absolute Gasteiger partial charge is 0.330 e. The summed E-state index contributed by atoms with van der Waals surface area (Å²) in [7, 11) is 0. The molecule has 0 bridgehead atoms. The molecule has 0 aliphatic rings. The van der Waals surface area contributed by atoms with Crippen molar-refractivity contribution in [2.75, 3.05) is 0 Å². The van der Waals surface area contributed by atoms with Crippen molar-refractivity contribution >= 4 is 5.97 Å². The molecule has 3 heteroatoms. The molecule has 1 aromatic rings. The number of hydrogen-bond donors (Lipinski definition) is 1. The molecule has 0 fully saturated rings. The molecule has 0 radical (unpaired) electrons. The molecule has 0 heterocycles. The maximum Gasteiger partial charge on any atom is 0.330 e. The predicted octanol–water partition coefficient (Wildman–Crippen LogP) is 2.83. The second-order valence-electron chi connectivity index (χ2n) is 4.77. The van der Waals surface area contributed by atoms with E-state index in [1.165, 1.54) is 6.08 Å². The van der Waals surface area contributed by atoms with Crippen LogP contribution in [0.3, 0.4) is 0 Å². The highest BCUT2D eigenvalue weighted by atomic mass is 16.6. The Morgan fingerprint density at radius 2 is 2.00 bits per heavy atom. The summed E-state index contributed by atoms with van der Waals surface area (Å²) in [5.41, 5.74) is 0.309. The van der Waals surface area contributed by atoms with Gasteiger partial charge in [-0.3, -0.25) is 0 Å². The number of hydrogen-bond acceptors (Lipinski definition) is 3. The van der Waals surface area contributed by atoms with E-state index in [0.717, 1.165) is 5.56 Å². The van der Waals surface area contributed by atoms with Crippen LogP contribution < -0.4 is 0 Å². The lowest BCUT2D eigenvalue weighted by atomic mass is 10.1. The van der Waals surface area contributed by atoms with E-state index >= 15 is 0 Å². The van der Waals surface area contributed by atoms with E-state index in [2.05, 4.69) is 0 Å². The summed E-state index contributed by atoms with van der Waals surface area (Å²) in [4.78, 5) is 11.4. The first-order chi connectivity index (χ1) is 7.88. The summed E-state index contributed by atoms with van der Waals surface area (Å²) in [5, 5.41) is 9.51. The van der Waals surface area contributed by atoms with E-state index in [0.29, 0.717) is 6.42 Å². The summed E-state index contributed by atoms with van der Waals surface area (Å²) >= 11 is 0. The number of rotatable bonds is 3. The van der Waals surface area contributed by atoms with Crippen LogP contribution in [-0.2, 0) is 16.0 Å². The Balaban J connectivity index is 2.51. The third kappa shape index (κ3) is 5.20. The number of phenolic OH excluding ortho intramolecular Hbond substituents is 1. The molecule has 0 saturated heterocycles. The van der Waals surface area contributed by atoms with Crippen molar-refractivity contribution in [3.63, 3.8) is 0 Å². The fourth-order valence-corrected chi connectivity index (χ4v) is 1.30. The quantitative estimate of drug-likeness (QED) is 0.646. The van der Waals surface area contributed by atoms with Gasteiger partial charge in [-0.1, -0.05) is 24.3 Å². The van der Waals surface area contributed by atoms with Crippen molar-refractivity contribution in [1.82, 2.24) is 0 Å². The van der Waals surface area contributed by atoms with E-state index in [1.54, 1.807) is 18.2 Å². The van der Waals surface area contributed by atoms with Crippen LogP contribution in [0, 0.1) is 0 Å². The monoisotopic (exact) mass is 234 g/mol. The van der Waals surface area contributed by atoms with Crippen molar-refractivity contribution in [3.8, 4) is 5.75 Å². The largest absolute Gasteiger partial charge is 0.508 e. The third-order valence-electron chi connectivity index (χ3n) is 1.99. The zero-order valence-electron chi connectivity index (χ0n) is 10.4. The Labute approximate surface area is 102 Å². The molecule has 17 heavy (non-hydrogen) atoms. The summed E-state index contributed by atoms with van der Waals surface area (Å²) in [6, 6.07) is 7.04. The molecule has 1 N–H and O–H groups in total. The van der Waals surface area contributed by atoms with Crippen LogP contribution in [0.4, 0.5) is 0 Å².